The second-order valence-electron chi connectivity index (χ2n) is 5.53. The third kappa shape index (κ3) is 2.16. The fraction of sp³-hybridized carbons (Fsp3) is 0.278. The van der Waals surface area contributed by atoms with Crippen LogP contribution in [0.4, 0.5) is 0 Å². The van der Waals surface area contributed by atoms with Gasteiger partial charge in [-0.25, -0.2) is 0 Å². The molecular formula is C18H16N2O2. The van der Waals surface area contributed by atoms with Gasteiger partial charge in [-0.05, 0) is 22.9 Å². The third-order valence-corrected chi connectivity index (χ3v) is 4.24. The van der Waals surface area contributed by atoms with E-state index in [9.17, 15) is 5.26 Å². The predicted octanol–water partition coefficient (Wildman–Crippen LogP) is 2.80. The van der Waals surface area contributed by atoms with E-state index in [2.05, 4.69) is 29.2 Å². The molecule has 0 amide bonds. The number of ether oxygens (including phenoxy) is 2. The van der Waals surface area contributed by atoms with Crippen molar-refractivity contribution in [3.63, 3.8) is 0 Å². The minimum atomic E-state index is -0.303. The minimum Gasteiger partial charge on any atom is -0.469 e. The Morgan fingerprint density at radius 1 is 1.09 bits per heavy atom. The maximum absolute atomic E-state index is 9.53. The van der Waals surface area contributed by atoms with Crippen LogP contribution in [0.25, 0.3) is 16.8 Å². The highest BCUT2D eigenvalue weighted by Crippen LogP contribution is 2.36. The molecular weight excluding hydrogens is 276 g/mol. The Labute approximate surface area is 129 Å². The van der Waals surface area contributed by atoms with E-state index in [4.69, 9.17) is 9.47 Å². The Hall–Kier alpha value is -2.35. The molecule has 0 aliphatic carbocycles. The Bertz CT molecular complexity index is 785. The molecule has 2 aliphatic heterocycles. The van der Waals surface area contributed by atoms with Crippen LogP contribution in [0.2, 0.25) is 0 Å². The summed E-state index contributed by atoms with van der Waals surface area (Å²) >= 11 is 0. The lowest BCUT2D eigenvalue weighted by Gasteiger charge is -2.36. The van der Waals surface area contributed by atoms with Crippen LogP contribution in [0.3, 0.4) is 0 Å². The van der Waals surface area contributed by atoms with Gasteiger partial charge in [-0.1, -0.05) is 30.3 Å². The summed E-state index contributed by atoms with van der Waals surface area (Å²) in [4.78, 5) is 2.16. The molecule has 1 atom stereocenters. The van der Waals surface area contributed by atoms with Crippen LogP contribution in [-0.2, 0) is 4.74 Å². The van der Waals surface area contributed by atoms with Crippen molar-refractivity contribution in [3.8, 4) is 11.8 Å². The normalized spacial score (nSPS) is 21.6. The number of hydrogen-bond acceptors (Lipinski definition) is 4. The molecule has 0 N–H and O–H groups in total. The van der Waals surface area contributed by atoms with Crippen molar-refractivity contribution in [3.05, 3.63) is 47.5 Å². The van der Waals surface area contributed by atoms with Gasteiger partial charge in [0.25, 0.3) is 0 Å². The van der Waals surface area contributed by atoms with Gasteiger partial charge >= 0.3 is 0 Å². The highest BCUT2D eigenvalue weighted by atomic mass is 16.5. The van der Waals surface area contributed by atoms with E-state index < -0.39 is 0 Å². The number of rotatable bonds is 1. The molecule has 2 heterocycles. The molecule has 110 valence electrons. The van der Waals surface area contributed by atoms with Gasteiger partial charge in [0.1, 0.15) is 11.8 Å². The number of nitriles is 1. The van der Waals surface area contributed by atoms with Gasteiger partial charge in [0, 0.05) is 18.7 Å². The SMILES string of the molecule is N#CC1=Cc2c(ccc3ccccc23)OC1N1CCOCC1. The van der Waals surface area contributed by atoms with Crippen molar-refractivity contribution in [2.75, 3.05) is 26.3 Å². The van der Waals surface area contributed by atoms with E-state index in [0.717, 1.165) is 35.2 Å². The van der Waals surface area contributed by atoms with Gasteiger partial charge in [0.05, 0.1) is 18.8 Å². The summed E-state index contributed by atoms with van der Waals surface area (Å²) in [5.74, 6) is 0.842. The van der Waals surface area contributed by atoms with Crippen LogP contribution >= 0.6 is 0 Å². The van der Waals surface area contributed by atoms with Crippen LogP contribution in [0.15, 0.2) is 42.0 Å². The van der Waals surface area contributed by atoms with Crippen LogP contribution in [-0.4, -0.2) is 37.4 Å². The lowest BCUT2D eigenvalue weighted by atomic mass is 9.98. The minimum absolute atomic E-state index is 0.303. The standard InChI is InChI=1S/C18H16N2O2/c19-12-14-11-16-15-4-2-1-3-13(15)5-6-17(16)22-18(14)20-7-9-21-10-8-20/h1-6,11,18H,7-10H2. The Kier molecular flexibility index (Phi) is 3.30. The zero-order chi connectivity index (χ0) is 14.9. The van der Waals surface area contributed by atoms with Crippen molar-refractivity contribution in [1.29, 1.82) is 5.26 Å². The van der Waals surface area contributed by atoms with Crippen LogP contribution in [0, 0.1) is 11.3 Å². The molecule has 2 aliphatic rings. The topological polar surface area (TPSA) is 45.5 Å². The number of benzene rings is 2. The molecule has 22 heavy (non-hydrogen) atoms. The molecule has 4 rings (SSSR count). The van der Waals surface area contributed by atoms with Crippen LogP contribution in [0.1, 0.15) is 5.56 Å². The van der Waals surface area contributed by atoms with E-state index >= 15 is 0 Å². The summed E-state index contributed by atoms with van der Waals surface area (Å²) in [6.07, 6.45) is 1.67. The first-order valence-electron chi connectivity index (χ1n) is 7.49. The lowest BCUT2D eigenvalue weighted by molar-refractivity contribution is -0.0289. The van der Waals surface area contributed by atoms with E-state index in [1.165, 1.54) is 0 Å². The fourth-order valence-electron chi connectivity index (χ4n) is 3.11. The maximum atomic E-state index is 9.53. The Morgan fingerprint density at radius 2 is 1.91 bits per heavy atom. The summed E-state index contributed by atoms with van der Waals surface area (Å²) < 4.78 is 11.5. The summed E-state index contributed by atoms with van der Waals surface area (Å²) in [5, 5.41) is 11.8. The van der Waals surface area contributed by atoms with Gasteiger partial charge in [0.2, 0.25) is 0 Å². The monoisotopic (exact) mass is 292 g/mol. The number of hydrogen-bond donors (Lipinski definition) is 0. The maximum Gasteiger partial charge on any atom is 0.189 e. The highest BCUT2D eigenvalue weighted by molar-refractivity contribution is 5.94. The van der Waals surface area contributed by atoms with Crippen LogP contribution in [0.5, 0.6) is 5.75 Å². The lowest BCUT2D eigenvalue weighted by Crippen LogP contribution is -2.47. The average Bonchev–Trinajstić information content (AvgIpc) is 2.61. The quantitative estimate of drug-likeness (QED) is 0.811. The first-order valence-corrected chi connectivity index (χ1v) is 7.49. The zero-order valence-electron chi connectivity index (χ0n) is 12.2. The Morgan fingerprint density at radius 3 is 2.73 bits per heavy atom. The average molecular weight is 292 g/mol. The van der Waals surface area contributed by atoms with Gasteiger partial charge < -0.3 is 9.47 Å². The molecule has 2 aromatic rings. The number of nitrogens with zero attached hydrogens (tertiary/aromatic N) is 2. The van der Waals surface area contributed by atoms with Crippen molar-refractivity contribution in [1.82, 2.24) is 4.90 Å². The summed E-state index contributed by atoms with van der Waals surface area (Å²) in [6, 6.07) is 14.5. The van der Waals surface area contributed by atoms with Crippen LogP contribution < -0.4 is 4.74 Å². The molecule has 4 heteroatoms. The third-order valence-electron chi connectivity index (χ3n) is 4.24. The molecule has 1 saturated heterocycles. The molecule has 0 spiro atoms. The second kappa shape index (κ2) is 5.45. The predicted molar refractivity (Wildman–Crippen MR) is 84.3 cm³/mol. The highest BCUT2D eigenvalue weighted by Gasteiger charge is 2.30. The summed E-state index contributed by atoms with van der Waals surface area (Å²) in [5.41, 5.74) is 1.66. The number of morpholine rings is 1. The first-order chi connectivity index (χ1) is 10.9. The second-order valence-corrected chi connectivity index (χ2v) is 5.53. The van der Waals surface area contributed by atoms with Crippen molar-refractivity contribution in [2.45, 2.75) is 6.23 Å². The van der Waals surface area contributed by atoms with E-state index in [-0.39, 0.29) is 6.23 Å². The summed E-state index contributed by atoms with van der Waals surface area (Å²) in [6.45, 7) is 2.94. The molecule has 0 bridgehead atoms. The van der Waals surface area contributed by atoms with Crippen molar-refractivity contribution >= 4 is 16.8 Å². The fourth-order valence-corrected chi connectivity index (χ4v) is 3.11. The van der Waals surface area contributed by atoms with Gasteiger partial charge in [-0.15, -0.1) is 0 Å². The zero-order valence-corrected chi connectivity index (χ0v) is 12.2. The number of fused-ring (bicyclic) bond motifs is 3. The first kappa shape index (κ1) is 13.3. The molecule has 0 radical (unpaired) electrons. The molecule has 4 nitrogen and oxygen atoms in total. The van der Waals surface area contributed by atoms with E-state index in [1.807, 2.05) is 24.3 Å². The molecule has 2 aromatic carbocycles. The summed E-state index contributed by atoms with van der Waals surface area (Å²) in [7, 11) is 0. The molecule has 1 fully saturated rings. The van der Waals surface area contributed by atoms with E-state index in [0.29, 0.717) is 18.8 Å². The van der Waals surface area contributed by atoms with Crippen molar-refractivity contribution < 1.29 is 9.47 Å². The van der Waals surface area contributed by atoms with Gasteiger partial charge in [0.15, 0.2) is 6.23 Å². The van der Waals surface area contributed by atoms with Gasteiger partial charge in [-0.3, -0.25) is 4.90 Å². The molecule has 1 unspecified atom stereocenters. The largest absolute Gasteiger partial charge is 0.469 e. The van der Waals surface area contributed by atoms with Crippen molar-refractivity contribution in [2.24, 2.45) is 0 Å². The van der Waals surface area contributed by atoms with E-state index in [1.54, 1.807) is 0 Å². The molecule has 0 aromatic heterocycles. The molecule has 0 saturated carbocycles. The van der Waals surface area contributed by atoms with Gasteiger partial charge in [-0.2, -0.15) is 5.26 Å². The Balaban J connectivity index is 1.79. The smallest absolute Gasteiger partial charge is 0.189 e.